The molecule has 1 rings (SSSR count). The Morgan fingerprint density at radius 3 is 2.65 bits per heavy atom. The lowest BCUT2D eigenvalue weighted by Crippen LogP contribution is -2.16. The van der Waals surface area contributed by atoms with Crippen molar-refractivity contribution < 1.29 is 19.4 Å². The number of rotatable bonds is 5. The molecular formula is C12H13BrO4. The van der Waals surface area contributed by atoms with Crippen LogP contribution in [0.1, 0.15) is 23.7 Å². The average molecular weight is 301 g/mol. The summed E-state index contributed by atoms with van der Waals surface area (Å²) in [5, 5.41) is 8.66. The first-order valence-electron chi connectivity index (χ1n) is 5.05. The standard InChI is InChI=1S/C12H13BrO4/c1-7(5-11(14)15)12(16)9-6-8(17-2)3-4-10(9)13/h3-4,6-7H,5H2,1-2H3,(H,14,15). The lowest BCUT2D eigenvalue weighted by molar-refractivity contribution is -0.137. The van der Waals surface area contributed by atoms with E-state index < -0.39 is 11.9 Å². The van der Waals surface area contributed by atoms with Crippen molar-refractivity contribution in [3.05, 3.63) is 28.2 Å². The van der Waals surface area contributed by atoms with Crippen LogP contribution in [-0.4, -0.2) is 24.0 Å². The van der Waals surface area contributed by atoms with Crippen molar-refractivity contribution in [2.75, 3.05) is 7.11 Å². The SMILES string of the molecule is COc1ccc(Br)c(C(=O)C(C)CC(=O)O)c1. The van der Waals surface area contributed by atoms with Crippen molar-refractivity contribution in [2.45, 2.75) is 13.3 Å². The van der Waals surface area contributed by atoms with E-state index in [1.807, 2.05) is 0 Å². The minimum atomic E-state index is -0.982. The number of hydrogen-bond acceptors (Lipinski definition) is 3. The van der Waals surface area contributed by atoms with E-state index in [1.54, 1.807) is 25.1 Å². The summed E-state index contributed by atoms with van der Waals surface area (Å²) in [6.07, 6.45) is -0.178. The normalized spacial score (nSPS) is 11.9. The highest BCUT2D eigenvalue weighted by atomic mass is 79.9. The van der Waals surface area contributed by atoms with Gasteiger partial charge in [-0.2, -0.15) is 0 Å². The molecule has 1 atom stereocenters. The summed E-state index contributed by atoms with van der Waals surface area (Å²) in [5.41, 5.74) is 0.443. The van der Waals surface area contributed by atoms with Gasteiger partial charge in [0.1, 0.15) is 5.75 Å². The van der Waals surface area contributed by atoms with E-state index in [0.29, 0.717) is 15.8 Å². The van der Waals surface area contributed by atoms with Gasteiger partial charge in [0, 0.05) is 16.0 Å². The third-order valence-corrected chi connectivity index (χ3v) is 3.06. The quantitative estimate of drug-likeness (QED) is 0.849. The van der Waals surface area contributed by atoms with Crippen LogP contribution in [0.5, 0.6) is 5.75 Å². The van der Waals surface area contributed by atoms with Crippen molar-refractivity contribution in [3.63, 3.8) is 0 Å². The second-order valence-corrected chi connectivity index (χ2v) is 4.56. The van der Waals surface area contributed by atoms with Gasteiger partial charge in [-0.3, -0.25) is 9.59 Å². The predicted molar refractivity (Wildman–Crippen MR) is 66.4 cm³/mol. The second-order valence-electron chi connectivity index (χ2n) is 3.71. The van der Waals surface area contributed by atoms with E-state index in [4.69, 9.17) is 9.84 Å². The Morgan fingerprint density at radius 2 is 2.12 bits per heavy atom. The van der Waals surface area contributed by atoms with Crippen molar-refractivity contribution in [1.29, 1.82) is 0 Å². The summed E-state index contributed by atoms with van der Waals surface area (Å²) in [7, 11) is 1.51. The summed E-state index contributed by atoms with van der Waals surface area (Å²) in [6.45, 7) is 1.60. The van der Waals surface area contributed by atoms with Gasteiger partial charge in [-0.1, -0.05) is 22.9 Å². The van der Waals surface area contributed by atoms with Gasteiger partial charge in [0.2, 0.25) is 0 Å². The molecule has 0 aliphatic carbocycles. The number of halogens is 1. The molecule has 0 spiro atoms. The minimum Gasteiger partial charge on any atom is -0.497 e. The van der Waals surface area contributed by atoms with Gasteiger partial charge in [-0.15, -0.1) is 0 Å². The van der Waals surface area contributed by atoms with Crippen LogP contribution in [0.4, 0.5) is 0 Å². The average Bonchev–Trinajstić information content (AvgIpc) is 2.28. The first kappa shape index (κ1) is 13.7. The molecule has 1 unspecified atom stereocenters. The minimum absolute atomic E-state index is 0.178. The predicted octanol–water partition coefficient (Wildman–Crippen LogP) is 2.75. The molecule has 0 saturated carbocycles. The van der Waals surface area contributed by atoms with Crippen molar-refractivity contribution >= 4 is 27.7 Å². The number of carboxylic acids is 1. The van der Waals surface area contributed by atoms with E-state index in [1.165, 1.54) is 7.11 Å². The van der Waals surface area contributed by atoms with Gasteiger partial charge in [-0.05, 0) is 18.2 Å². The smallest absolute Gasteiger partial charge is 0.304 e. The van der Waals surface area contributed by atoms with Crippen LogP contribution in [-0.2, 0) is 4.79 Å². The molecule has 0 bridgehead atoms. The number of ketones is 1. The maximum Gasteiger partial charge on any atom is 0.304 e. The number of ether oxygens (including phenoxy) is 1. The molecule has 0 heterocycles. The molecule has 0 aromatic heterocycles. The molecule has 0 radical (unpaired) electrons. The number of carboxylic acid groups (broad SMARTS) is 1. The van der Waals surface area contributed by atoms with E-state index in [-0.39, 0.29) is 12.2 Å². The Labute approximate surface area is 108 Å². The summed E-state index contributed by atoms with van der Waals surface area (Å²) in [5.74, 6) is -1.18. The van der Waals surface area contributed by atoms with Crippen molar-refractivity contribution in [3.8, 4) is 5.75 Å². The topological polar surface area (TPSA) is 63.6 Å². The number of carbonyl (C=O) groups is 2. The van der Waals surface area contributed by atoms with E-state index in [0.717, 1.165) is 0 Å². The zero-order valence-electron chi connectivity index (χ0n) is 9.57. The third kappa shape index (κ3) is 3.56. The maximum absolute atomic E-state index is 12.0. The van der Waals surface area contributed by atoms with E-state index in [9.17, 15) is 9.59 Å². The van der Waals surface area contributed by atoms with Gasteiger partial charge in [0.15, 0.2) is 5.78 Å². The fourth-order valence-electron chi connectivity index (χ4n) is 1.44. The molecule has 0 aliphatic rings. The highest BCUT2D eigenvalue weighted by Gasteiger charge is 2.20. The van der Waals surface area contributed by atoms with E-state index >= 15 is 0 Å². The lowest BCUT2D eigenvalue weighted by atomic mass is 9.96. The zero-order chi connectivity index (χ0) is 13.0. The molecule has 5 heteroatoms. The number of aliphatic carboxylic acids is 1. The highest BCUT2D eigenvalue weighted by molar-refractivity contribution is 9.10. The molecule has 1 aromatic carbocycles. The first-order chi connectivity index (χ1) is 7.95. The molecule has 0 aliphatic heterocycles. The van der Waals surface area contributed by atoms with Crippen LogP contribution in [0.2, 0.25) is 0 Å². The Kier molecular flexibility index (Phi) is 4.69. The molecule has 0 fully saturated rings. The highest BCUT2D eigenvalue weighted by Crippen LogP contribution is 2.25. The zero-order valence-corrected chi connectivity index (χ0v) is 11.2. The van der Waals surface area contributed by atoms with Crippen LogP contribution >= 0.6 is 15.9 Å². The lowest BCUT2D eigenvalue weighted by Gasteiger charge is -2.10. The number of hydrogen-bond donors (Lipinski definition) is 1. The number of Topliss-reactive ketones (excluding diaryl/α,β-unsaturated/α-hetero) is 1. The Balaban J connectivity index is 2.98. The maximum atomic E-state index is 12.0. The van der Waals surface area contributed by atoms with Gasteiger partial charge < -0.3 is 9.84 Å². The van der Waals surface area contributed by atoms with Gasteiger partial charge in [-0.25, -0.2) is 0 Å². The van der Waals surface area contributed by atoms with Crippen LogP contribution in [0, 0.1) is 5.92 Å². The molecule has 4 nitrogen and oxygen atoms in total. The third-order valence-electron chi connectivity index (χ3n) is 2.37. The monoisotopic (exact) mass is 300 g/mol. The molecular weight excluding hydrogens is 288 g/mol. The summed E-state index contributed by atoms with van der Waals surface area (Å²) >= 11 is 3.27. The molecule has 0 saturated heterocycles. The molecule has 1 aromatic rings. The summed E-state index contributed by atoms with van der Waals surface area (Å²) < 4.78 is 5.67. The van der Waals surface area contributed by atoms with Crippen LogP contribution in [0.15, 0.2) is 22.7 Å². The Hall–Kier alpha value is -1.36. The number of benzene rings is 1. The molecule has 1 N–H and O–H groups in total. The molecule has 17 heavy (non-hydrogen) atoms. The number of methoxy groups -OCH3 is 1. The largest absolute Gasteiger partial charge is 0.497 e. The fourth-order valence-corrected chi connectivity index (χ4v) is 1.88. The van der Waals surface area contributed by atoms with Gasteiger partial charge >= 0.3 is 5.97 Å². The van der Waals surface area contributed by atoms with Crippen LogP contribution < -0.4 is 4.74 Å². The van der Waals surface area contributed by atoms with Crippen molar-refractivity contribution in [2.24, 2.45) is 5.92 Å². The fraction of sp³-hybridized carbons (Fsp3) is 0.333. The second kappa shape index (κ2) is 5.82. The molecule has 92 valence electrons. The van der Waals surface area contributed by atoms with Gasteiger partial charge in [0.25, 0.3) is 0 Å². The van der Waals surface area contributed by atoms with Crippen molar-refractivity contribution in [1.82, 2.24) is 0 Å². The Morgan fingerprint density at radius 1 is 1.47 bits per heavy atom. The number of carbonyl (C=O) groups excluding carboxylic acids is 1. The Bertz CT molecular complexity index is 442. The van der Waals surface area contributed by atoms with Crippen LogP contribution in [0.25, 0.3) is 0 Å². The van der Waals surface area contributed by atoms with Gasteiger partial charge in [0.05, 0.1) is 13.5 Å². The first-order valence-corrected chi connectivity index (χ1v) is 5.84. The molecule has 0 amide bonds. The summed E-state index contributed by atoms with van der Waals surface area (Å²) in [4.78, 5) is 22.6. The van der Waals surface area contributed by atoms with E-state index in [2.05, 4.69) is 15.9 Å². The summed E-state index contributed by atoms with van der Waals surface area (Å²) in [6, 6.07) is 5.03. The van der Waals surface area contributed by atoms with Crippen LogP contribution in [0.3, 0.4) is 0 Å².